The number of aromatic nitrogens is 1. The van der Waals surface area contributed by atoms with E-state index >= 15 is 0 Å². The molecule has 0 saturated carbocycles. The Morgan fingerprint density at radius 1 is 1.53 bits per heavy atom. The monoisotopic (exact) mass is 288 g/mol. The third-order valence-corrected chi connectivity index (χ3v) is 4.32. The highest BCUT2D eigenvalue weighted by atomic mass is 79.9. The fourth-order valence-electron chi connectivity index (χ4n) is 1.79. The first-order valence-corrected chi connectivity index (χ1v) is 6.47. The molecule has 2 rings (SSSR count). The van der Waals surface area contributed by atoms with Gasteiger partial charge in [-0.25, -0.2) is 4.98 Å². The second kappa shape index (κ2) is 4.71. The molecule has 0 aliphatic carbocycles. The van der Waals surface area contributed by atoms with E-state index in [9.17, 15) is 0 Å². The summed E-state index contributed by atoms with van der Waals surface area (Å²) in [5, 5.41) is 0.694. The van der Waals surface area contributed by atoms with Crippen molar-refractivity contribution in [3.05, 3.63) is 23.4 Å². The Morgan fingerprint density at radius 3 is 2.93 bits per heavy atom. The van der Waals surface area contributed by atoms with Crippen LogP contribution in [0.15, 0.2) is 18.3 Å². The van der Waals surface area contributed by atoms with E-state index in [1.165, 1.54) is 6.42 Å². The van der Waals surface area contributed by atoms with Crippen molar-refractivity contribution in [2.45, 2.75) is 18.2 Å². The minimum Gasteiger partial charge on any atom is -0.355 e. The van der Waals surface area contributed by atoms with Crippen LogP contribution in [0.3, 0.4) is 0 Å². The minimum atomic E-state index is 0.559. The van der Waals surface area contributed by atoms with Crippen LogP contribution in [0.1, 0.15) is 13.3 Å². The normalized spacial score (nSPS) is 26.7. The summed E-state index contributed by atoms with van der Waals surface area (Å²) >= 11 is 9.52. The van der Waals surface area contributed by atoms with Gasteiger partial charge >= 0.3 is 0 Å². The fraction of sp³-hybridized carbons (Fsp3) is 0.545. The number of pyridine rings is 1. The minimum absolute atomic E-state index is 0.559. The Morgan fingerprint density at radius 2 is 2.33 bits per heavy atom. The molecule has 0 radical (unpaired) electrons. The van der Waals surface area contributed by atoms with E-state index < -0.39 is 0 Å². The summed E-state index contributed by atoms with van der Waals surface area (Å²) in [6, 6.07) is 3.88. The number of piperidine rings is 1. The summed E-state index contributed by atoms with van der Waals surface area (Å²) in [6.07, 6.45) is 2.92. The molecule has 0 amide bonds. The van der Waals surface area contributed by atoms with Gasteiger partial charge in [0.2, 0.25) is 0 Å². The Hall–Kier alpha value is -0.280. The second-order valence-corrected chi connectivity index (χ2v) is 5.68. The van der Waals surface area contributed by atoms with Crippen molar-refractivity contribution in [3.8, 4) is 0 Å². The Labute approximate surface area is 104 Å². The van der Waals surface area contributed by atoms with Gasteiger partial charge in [0.1, 0.15) is 5.82 Å². The van der Waals surface area contributed by atoms with Crippen LogP contribution in [-0.4, -0.2) is 22.9 Å². The molecule has 2 unspecified atom stereocenters. The molecule has 82 valence electrons. The van der Waals surface area contributed by atoms with E-state index in [4.69, 9.17) is 11.6 Å². The van der Waals surface area contributed by atoms with Gasteiger partial charge in [-0.3, -0.25) is 0 Å². The molecule has 1 aliphatic heterocycles. The Bertz CT molecular complexity index is 328. The zero-order valence-electron chi connectivity index (χ0n) is 8.66. The van der Waals surface area contributed by atoms with E-state index in [0.29, 0.717) is 9.85 Å². The first-order valence-electron chi connectivity index (χ1n) is 5.17. The van der Waals surface area contributed by atoms with Crippen LogP contribution >= 0.6 is 27.5 Å². The van der Waals surface area contributed by atoms with Crippen molar-refractivity contribution in [3.63, 3.8) is 0 Å². The first kappa shape index (κ1) is 11.2. The molecule has 1 aromatic heterocycles. The van der Waals surface area contributed by atoms with Crippen molar-refractivity contribution in [2.24, 2.45) is 5.92 Å². The van der Waals surface area contributed by atoms with Crippen molar-refractivity contribution < 1.29 is 0 Å². The summed E-state index contributed by atoms with van der Waals surface area (Å²) in [5.74, 6) is 1.77. The van der Waals surface area contributed by atoms with Crippen LogP contribution in [-0.2, 0) is 0 Å². The fourth-order valence-corrected chi connectivity index (χ4v) is 2.51. The molecule has 1 aromatic rings. The predicted molar refractivity (Wildman–Crippen MR) is 68.0 cm³/mol. The number of halogens is 2. The molecule has 15 heavy (non-hydrogen) atoms. The number of rotatable bonds is 1. The van der Waals surface area contributed by atoms with Crippen molar-refractivity contribution in [1.82, 2.24) is 4.98 Å². The van der Waals surface area contributed by atoms with Gasteiger partial charge in [0, 0.05) is 24.1 Å². The van der Waals surface area contributed by atoms with E-state index in [2.05, 4.69) is 32.7 Å². The van der Waals surface area contributed by atoms with E-state index in [-0.39, 0.29) is 0 Å². The highest BCUT2D eigenvalue weighted by Crippen LogP contribution is 2.26. The lowest BCUT2D eigenvalue weighted by Crippen LogP contribution is -2.40. The lowest BCUT2D eigenvalue weighted by Gasteiger charge is -2.34. The summed E-state index contributed by atoms with van der Waals surface area (Å²) in [5.41, 5.74) is 0. The molecule has 2 atom stereocenters. The quantitative estimate of drug-likeness (QED) is 0.737. The average molecular weight is 290 g/mol. The largest absolute Gasteiger partial charge is 0.355 e. The van der Waals surface area contributed by atoms with Crippen LogP contribution < -0.4 is 4.90 Å². The standard InChI is InChI=1S/C11H14BrClN2/c1-8-4-5-15(7-10(8)12)11-3-2-9(13)6-14-11/h2-3,6,8,10H,4-5,7H2,1H3. The topological polar surface area (TPSA) is 16.1 Å². The molecule has 1 fully saturated rings. The number of anilines is 1. The Balaban J connectivity index is 2.08. The summed E-state index contributed by atoms with van der Waals surface area (Å²) in [7, 11) is 0. The van der Waals surface area contributed by atoms with Gasteiger partial charge in [-0.1, -0.05) is 34.5 Å². The number of nitrogens with zero attached hydrogens (tertiary/aromatic N) is 2. The lowest BCUT2D eigenvalue weighted by molar-refractivity contribution is 0.454. The van der Waals surface area contributed by atoms with Crippen molar-refractivity contribution in [2.75, 3.05) is 18.0 Å². The molecule has 0 N–H and O–H groups in total. The van der Waals surface area contributed by atoms with Gasteiger partial charge in [0.15, 0.2) is 0 Å². The summed E-state index contributed by atoms with van der Waals surface area (Å²) in [4.78, 5) is 7.19. The molecule has 0 spiro atoms. The van der Waals surface area contributed by atoms with Crippen molar-refractivity contribution in [1.29, 1.82) is 0 Å². The van der Waals surface area contributed by atoms with Gasteiger partial charge in [0.05, 0.1) is 5.02 Å². The van der Waals surface area contributed by atoms with Crippen molar-refractivity contribution >= 4 is 33.3 Å². The maximum atomic E-state index is 5.81. The second-order valence-electron chi connectivity index (χ2n) is 4.06. The molecule has 2 heterocycles. The summed E-state index contributed by atoms with van der Waals surface area (Å²) in [6.45, 7) is 4.39. The smallest absolute Gasteiger partial charge is 0.128 e. The predicted octanol–water partition coefficient (Wildman–Crippen LogP) is 3.34. The van der Waals surface area contributed by atoms with E-state index in [0.717, 1.165) is 24.8 Å². The molecule has 4 heteroatoms. The van der Waals surface area contributed by atoms with E-state index in [1.807, 2.05) is 12.1 Å². The van der Waals surface area contributed by atoms with Gasteiger partial charge in [-0.15, -0.1) is 0 Å². The SMILES string of the molecule is CC1CCN(c2ccc(Cl)cn2)CC1Br. The first-order chi connectivity index (χ1) is 7.16. The van der Waals surface area contributed by atoms with Gasteiger partial charge in [-0.05, 0) is 24.5 Å². The zero-order chi connectivity index (χ0) is 10.8. The molecular formula is C11H14BrClN2. The third kappa shape index (κ3) is 2.64. The molecular weight excluding hydrogens is 275 g/mol. The highest BCUT2D eigenvalue weighted by molar-refractivity contribution is 9.09. The van der Waals surface area contributed by atoms with Crippen LogP contribution in [0.25, 0.3) is 0 Å². The Kier molecular flexibility index (Phi) is 3.52. The van der Waals surface area contributed by atoms with Crippen LogP contribution in [0.4, 0.5) is 5.82 Å². The lowest BCUT2D eigenvalue weighted by atomic mass is 9.99. The maximum absolute atomic E-state index is 5.81. The molecule has 0 aromatic carbocycles. The highest BCUT2D eigenvalue weighted by Gasteiger charge is 2.24. The molecule has 0 bridgehead atoms. The zero-order valence-corrected chi connectivity index (χ0v) is 11.0. The molecule has 1 aliphatic rings. The van der Waals surface area contributed by atoms with Gasteiger partial charge in [-0.2, -0.15) is 0 Å². The number of alkyl halides is 1. The van der Waals surface area contributed by atoms with E-state index in [1.54, 1.807) is 6.20 Å². The van der Waals surface area contributed by atoms with Crippen LogP contribution in [0.2, 0.25) is 5.02 Å². The maximum Gasteiger partial charge on any atom is 0.128 e. The van der Waals surface area contributed by atoms with Crippen LogP contribution in [0, 0.1) is 5.92 Å². The average Bonchev–Trinajstić information content (AvgIpc) is 2.23. The molecule has 1 saturated heterocycles. The number of hydrogen-bond donors (Lipinski definition) is 0. The third-order valence-electron chi connectivity index (χ3n) is 2.90. The van der Waals surface area contributed by atoms with Crippen LogP contribution in [0.5, 0.6) is 0 Å². The van der Waals surface area contributed by atoms with Gasteiger partial charge < -0.3 is 4.90 Å². The summed E-state index contributed by atoms with van der Waals surface area (Å²) < 4.78 is 0. The number of hydrogen-bond acceptors (Lipinski definition) is 2. The molecule has 2 nitrogen and oxygen atoms in total. The van der Waals surface area contributed by atoms with Gasteiger partial charge in [0.25, 0.3) is 0 Å².